The van der Waals surface area contributed by atoms with Crippen LogP contribution in [0.5, 0.6) is 5.75 Å². The highest BCUT2D eigenvalue weighted by Gasteiger charge is 2.23. The third-order valence-electron chi connectivity index (χ3n) is 3.19. The molecular formula is C12H17FN2O. The maximum Gasteiger partial charge on any atom is 0.123 e. The molecule has 1 aliphatic heterocycles. The molecule has 1 aromatic carbocycles. The standard InChI is InChI=1S/C12H17FN2O/c13-10-3-4-12(16)9(6-10)8-15-5-1-2-11(15)7-14/h3-4,6,11,16H,1-2,5,7-8,14H2. The predicted octanol–water partition coefficient (Wildman–Crippen LogP) is 1.45. The topological polar surface area (TPSA) is 49.5 Å². The number of nitrogens with zero attached hydrogens (tertiary/aromatic N) is 1. The Kier molecular flexibility index (Phi) is 3.41. The van der Waals surface area contributed by atoms with Crippen LogP contribution in [-0.4, -0.2) is 29.1 Å². The number of aromatic hydroxyl groups is 1. The van der Waals surface area contributed by atoms with Gasteiger partial charge in [-0.05, 0) is 37.6 Å². The van der Waals surface area contributed by atoms with Gasteiger partial charge in [0.05, 0.1) is 0 Å². The average Bonchev–Trinajstić information content (AvgIpc) is 2.71. The van der Waals surface area contributed by atoms with E-state index in [1.165, 1.54) is 18.2 Å². The summed E-state index contributed by atoms with van der Waals surface area (Å²) in [5, 5.41) is 9.63. The second-order valence-electron chi connectivity index (χ2n) is 4.28. The van der Waals surface area contributed by atoms with Gasteiger partial charge in [0.15, 0.2) is 0 Å². The van der Waals surface area contributed by atoms with Crippen molar-refractivity contribution in [2.75, 3.05) is 13.1 Å². The average molecular weight is 224 g/mol. The second kappa shape index (κ2) is 4.80. The fourth-order valence-electron chi connectivity index (χ4n) is 2.27. The van der Waals surface area contributed by atoms with E-state index in [-0.39, 0.29) is 11.6 Å². The number of benzene rings is 1. The molecule has 16 heavy (non-hydrogen) atoms. The number of hydrogen-bond donors (Lipinski definition) is 2. The van der Waals surface area contributed by atoms with Crippen molar-refractivity contribution in [3.63, 3.8) is 0 Å². The molecule has 0 amide bonds. The largest absolute Gasteiger partial charge is 0.508 e. The van der Waals surface area contributed by atoms with E-state index in [1.54, 1.807) is 0 Å². The smallest absolute Gasteiger partial charge is 0.123 e. The van der Waals surface area contributed by atoms with E-state index < -0.39 is 0 Å². The maximum absolute atomic E-state index is 13.0. The Morgan fingerprint density at radius 2 is 2.31 bits per heavy atom. The molecule has 1 unspecified atom stereocenters. The SMILES string of the molecule is NCC1CCCN1Cc1cc(F)ccc1O. The van der Waals surface area contributed by atoms with Gasteiger partial charge in [0.2, 0.25) is 0 Å². The lowest BCUT2D eigenvalue weighted by Crippen LogP contribution is -2.34. The van der Waals surface area contributed by atoms with E-state index in [4.69, 9.17) is 5.73 Å². The van der Waals surface area contributed by atoms with Crippen LogP contribution in [0.2, 0.25) is 0 Å². The van der Waals surface area contributed by atoms with E-state index in [9.17, 15) is 9.50 Å². The molecule has 3 N–H and O–H groups in total. The normalized spacial score (nSPS) is 21.5. The number of hydrogen-bond acceptors (Lipinski definition) is 3. The fraction of sp³-hybridized carbons (Fsp3) is 0.500. The van der Waals surface area contributed by atoms with Crippen molar-refractivity contribution in [3.05, 3.63) is 29.6 Å². The highest BCUT2D eigenvalue weighted by molar-refractivity contribution is 5.32. The molecule has 1 aliphatic rings. The molecule has 3 nitrogen and oxygen atoms in total. The first-order valence-corrected chi connectivity index (χ1v) is 5.62. The minimum atomic E-state index is -0.309. The van der Waals surface area contributed by atoms with Crippen molar-refractivity contribution in [2.24, 2.45) is 5.73 Å². The van der Waals surface area contributed by atoms with Crippen molar-refractivity contribution in [3.8, 4) is 5.75 Å². The van der Waals surface area contributed by atoms with E-state index >= 15 is 0 Å². The lowest BCUT2D eigenvalue weighted by Gasteiger charge is -2.23. The Hall–Kier alpha value is -1.13. The van der Waals surface area contributed by atoms with Crippen LogP contribution in [0.3, 0.4) is 0 Å². The molecule has 88 valence electrons. The highest BCUT2D eigenvalue weighted by Crippen LogP contribution is 2.24. The lowest BCUT2D eigenvalue weighted by atomic mass is 10.1. The molecule has 2 rings (SSSR count). The first-order valence-electron chi connectivity index (χ1n) is 5.62. The van der Waals surface area contributed by atoms with Crippen molar-refractivity contribution in [1.29, 1.82) is 0 Å². The molecule has 1 fully saturated rings. The van der Waals surface area contributed by atoms with Gasteiger partial charge in [-0.2, -0.15) is 0 Å². The van der Waals surface area contributed by atoms with Crippen molar-refractivity contribution in [1.82, 2.24) is 4.90 Å². The van der Waals surface area contributed by atoms with Gasteiger partial charge in [0.1, 0.15) is 11.6 Å². The summed E-state index contributed by atoms with van der Waals surface area (Å²) in [4.78, 5) is 2.20. The molecule has 1 heterocycles. The van der Waals surface area contributed by atoms with Crippen LogP contribution in [0, 0.1) is 5.82 Å². The van der Waals surface area contributed by atoms with Gasteiger partial charge < -0.3 is 10.8 Å². The van der Waals surface area contributed by atoms with Crippen LogP contribution in [-0.2, 0) is 6.54 Å². The summed E-state index contributed by atoms with van der Waals surface area (Å²) in [6, 6.07) is 4.42. The Labute approximate surface area is 94.7 Å². The van der Waals surface area contributed by atoms with Crippen molar-refractivity contribution in [2.45, 2.75) is 25.4 Å². The Balaban J connectivity index is 2.11. The molecule has 1 aromatic rings. The number of phenols is 1. The number of halogens is 1. The molecule has 0 aliphatic carbocycles. The van der Waals surface area contributed by atoms with Crippen LogP contribution in [0.25, 0.3) is 0 Å². The third kappa shape index (κ3) is 2.33. The van der Waals surface area contributed by atoms with Gasteiger partial charge in [0.25, 0.3) is 0 Å². The zero-order valence-corrected chi connectivity index (χ0v) is 9.19. The molecule has 1 saturated heterocycles. The number of phenolic OH excluding ortho intramolecular Hbond substituents is 1. The first-order chi connectivity index (χ1) is 7.70. The Bertz CT molecular complexity index is 370. The Morgan fingerprint density at radius 3 is 3.06 bits per heavy atom. The van der Waals surface area contributed by atoms with Gasteiger partial charge in [-0.15, -0.1) is 0 Å². The molecule has 4 heteroatoms. The molecule has 0 bridgehead atoms. The van der Waals surface area contributed by atoms with E-state index in [0.717, 1.165) is 19.4 Å². The summed E-state index contributed by atoms with van der Waals surface area (Å²) in [6.45, 7) is 2.17. The fourth-order valence-corrected chi connectivity index (χ4v) is 2.27. The maximum atomic E-state index is 13.0. The van der Waals surface area contributed by atoms with Crippen LogP contribution in [0.4, 0.5) is 4.39 Å². The van der Waals surface area contributed by atoms with Crippen LogP contribution >= 0.6 is 0 Å². The molecule has 0 spiro atoms. The minimum Gasteiger partial charge on any atom is -0.508 e. The van der Waals surface area contributed by atoms with Gasteiger partial charge in [-0.1, -0.05) is 0 Å². The van der Waals surface area contributed by atoms with Gasteiger partial charge in [0, 0.05) is 24.7 Å². The summed E-state index contributed by atoms with van der Waals surface area (Å²) in [5.41, 5.74) is 6.31. The molecule has 0 radical (unpaired) electrons. The molecule has 1 atom stereocenters. The molecule has 0 aromatic heterocycles. The minimum absolute atomic E-state index is 0.157. The van der Waals surface area contributed by atoms with E-state index in [1.807, 2.05) is 0 Å². The predicted molar refractivity (Wildman–Crippen MR) is 60.6 cm³/mol. The zero-order chi connectivity index (χ0) is 11.5. The summed E-state index contributed by atoms with van der Waals surface area (Å²) in [7, 11) is 0. The van der Waals surface area contributed by atoms with Gasteiger partial charge in [-0.25, -0.2) is 4.39 Å². The quantitative estimate of drug-likeness (QED) is 0.817. The van der Waals surface area contributed by atoms with Crippen molar-refractivity contribution >= 4 is 0 Å². The van der Waals surface area contributed by atoms with Gasteiger partial charge >= 0.3 is 0 Å². The zero-order valence-electron chi connectivity index (χ0n) is 9.19. The Morgan fingerprint density at radius 1 is 1.50 bits per heavy atom. The summed E-state index contributed by atoms with van der Waals surface area (Å²) >= 11 is 0. The first kappa shape index (κ1) is 11.4. The van der Waals surface area contributed by atoms with Gasteiger partial charge in [-0.3, -0.25) is 4.90 Å². The van der Waals surface area contributed by atoms with E-state index in [0.29, 0.717) is 24.7 Å². The third-order valence-corrected chi connectivity index (χ3v) is 3.19. The summed E-state index contributed by atoms with van der Waals surface area (Å²) < 4.78 is 13.0. The highest BCUT2D eigenvalue weighted by atomic mass is 19.1. The number of rotatable bonds is 3. The van der Waals surface area contributed by atoms with Crippen LogP contribution in [0.1, 0.15) is 18.4 Å². The van der Waals surface area contributed by atoms with Crippen LogP contribution < -0.4 is 5.73 Å². The summed E-state index contributed by atoms with van der Waals surface area (Å²) in [5.74, 6) is -0.152. The van der Waals surface area contributed by atoms with E-state index in [2.05, 4.69) is 4.90 Å². The monoisotopic (exact) mass is 224 g/mol. The molecular weight excluding hydrogens is 207 g/mol. The van der Waals surface area contributed by atoms with Crippen LogP contribution in [0.15, 0.2) is 18.2 Å². The summed E-state index contributed by atoms with van der Waals surface area (Å²) in [6.07, 6.45) is 2.21. The van der Waals surface area contributed by atoms with Crippen molar-refractivity contribution < 1.29 is 9.50 Å². The lowest BCUT2D eigenvalue weighted by molar-refractivity contribution is 0.246. The second-order valence-corrected chi connectivity index (χ2v) is 4.28. The number of likely N-dealkylation sites (tertiary alicyclic amines) is 1. The number of nitrogens with two attached hydrogens (primary N) is 1. The molecule has 0 saturated carbocycles.